The molecule has 1 N–H and O–H groups in total. The number of methoxy groups -OCH3 is 1. The van der Waals surface area contributed by atoms with Gasteiger partial charge in [0.1, 0.15) is 10.6 Å². The predicted octanol–water partition coefficient (Wildman–Crippen LogP) is 4.00. The van der Waals surface area contributed by atoms with Crippen LogP contribution >= 0.6 is 11.6 Å². The van der Waals surface area contributed by atoms with Crippen LogP contribution in [0.4, 0.5) is 5.69 Å². The SMILES string of the molecule is COc1ccc(Cl)cc1S(=O)(=O)N1CCC[C@@H](C(=O)Nc2cc(C)cc(C)c2)C1. The van der Waals surface area contributed by atoms with Crippen LogP contribution in [0.5, 0.6) is 5.75 Å². The maximum atomic E-state index is 13.2. The fraction of sp³-hybridized carbons (Fsp3) is 0.381. The molecule has 0 radical (unpaired) electrons. The zero-order valence-electron chi connectivity index (χ0n) is 16.7. The molecule has 29 heavy (non-hydrogen) atoms. The molecule has 0 aliphatic carbocycles. The van der Waals surface area contributed by atoms with E-state index in [1.807, 2.05) is 32.0 Å². The molecule has 0 bridgehead atoms. The minimum absolute atomic E-state index is 0.0165. The summed E-state index contributed by atoms with van der Waals surface area (Å²) in [6, 6.07) is 10.3. The first-order chi connectivity index (χ1) is 13.7. The van der Waals surface area contributed by atoms with E-state index in [4.69, 9.17) is 16.3 Å². The maximum absolute atomic E-state index is 13.2. The Hall–Kier alpha value is -2.09. The number of piperidine rings is 1. The van der Waals surface area contributed by atoms with Crippen LogP contribution < -0.4 is 10.1 Å². The molecular weight excluding hydrogens is 412 g/mol. The van der Waals surface area contributed by atoms with Crippen molar-refractivity contribution in [1.29, 1.82) is 0 Å². The molecule has 1 aliphatic rings. The van der Waals surface area contributed by atoms with E-state index in [2.05, 4.69) is 5.32 Å². The molecule has 0 saturated carbocycles. The van der Waals surface area contributed by atoms with E-state index in [0.717, 1.165) is 16.8 Å². The van der Waals surface area contributed by atoms with Gasteiger partial charge in [0.15, 0.2) is 0 Å². The molecule has 156 valence electrons. The summed E-state index contributed by atoms with van der Waals surface area (Å²) in [5, 5.41) is 3.24. The van der Waals surface area contributed by atoms with Crippen molar-refractivity contribution in [2.75, 3.05) is 25.5 Å². The summed E-state index contributed by atoms with van der Waals surface area (Å²) >= 11 is 6.01. The Morgan fingerprint density at radius 2 is 1.86 bits per heavy atom. The molecule has 1 saturated heterocycles. The second kappa shape index (κ2) is 8.73. The van der Waals surface area contributed by atoms with Crippen LogP contribution in [-0.4, -0.2) is 38.8 Å². The van der Waals surface area contributed by atoms with Crippen molar-refractivity contribution >= 4 is 33.2 Å². The lowest BCUT2D eigenvalue weighted by Crippen LogP contribution is -2.43. The molecule has 1 aliphatic heterocycles. The molecule has 2 aromatic rings. The molecule has 2 aromatic carbocycles. The van der Waals surface area contributed by atoms with Gasteiger partial charge in [-0.2, -0.15) is 4.31 Å². The van der Waals surface area contributed by atoms with Crippen LogP contribution in [-0.2, 0) is 14.8 Å². The number of amides is 1. The third kappa shape index (κ3) is 4.91. The fourth-order valence-electron chi connectivity index (χ4n) is 3.66. The minimum Gasteiger partial charge on any atom is -0.495 e. The van der Waals surface area contributed by atoms with Gasteiger partial charge in [0.05, 0.1) is 13.0 Å². The van der Waals surface area contributed by atoms with E-state index in [1.54, 1.807) is 6.07 Å². The third-order valence-corrected chi connectivity index (χ3v) is 7.11. The number of rotatable bonds is 5. The van der Waals surface area contributed by atoms with E-state index >= 15 is 0 Å². The highest BCUT2D eigenvalue weighted by molar-refractivity contribution is 7.89. The minimum atomic E-state index is -3.84. The molecule has 8 heteroatoms. The van der Waals surface area contributed by atoms with Crippen LogP contribution in [0.1, 0.15) is 24.0 Å². The number of anilines is 1. The first-order valence-corrected chi connectivity index (χ1v) is 11.3. The van der Waals surface area contributed by atoms with Gasteiger partial charge in [0.25, 0.3) is 0 Å². The molecule has 1 amide bonds. The Labute approximate surface area is 176 Å². The van der Waals surface area contributed by atoms with Crippen molar-refractivity contribution in [3.05, 3.63) is 52.5 Å². The highest BCUT2D eigenvalue weighted by atomic mass is 35.5. The maximum Gasteiger partial charge on any atom is 0.246 e. The quantitative estimate of drug-likeness (QED) is 0.768. The summed E-state index contributed by atoms with van der Waals surface area (Å²) in [4.78, 5) is 12.8. The average Bonchev–Trinajstić information content (AvgIpc) is 2.67. The van der Waals surface area contributed by atoms with Gasteiger partial charge in [-0.1, -0.05) is 17.7 Å². The van der Waals surface area contributed by atoms with E-state index in [0.29, 0.717) is 24.4 Å². The lowest BCUT2D eigenvalue weighted by molar-refractivity contribution is -0.120. The number of halogens is 1. The van der Waals surface area contributed by atoms with E-state index < -0.39 is 15.9 Å². The van der Waals surface area contributed by atoms with Gasteiger partial charge in [0, 0.05) is 23.8 Å². The Balaban J connectivity index is 1.79. The van der Waals surface area contributed by atoms with Gasteiger partial charge >= 0.3 is 0 Å². The van der Waals surface area contributed by atoms with E-state index in [1.165, 1.54) is 23.5 Å². The fourth-order valence-corrected chi connectivity index (χ4v) is 5.60. The first-order valence-electron chi connectivity index (χ1n) is 9.43. The van der Waals surface area contributed by atoms with Gasteiger partial charge in [0.2, 0.25) is 15.9 Å². The molecule has 1 fully saturated rings. The second-order valence-electron chi connectivity index (χ2n) is 7.36. The zero-order valence-corrected chi connectivity index (χ0v) is 18.3. The van der Waals surface area contributed by atoms with Crippen LogP contribution in [0.2, 0.25) is 5.02 Å². The van der Waals surface area contributed by atoms with Gasteiger partial charge in [-0.3, -0.25) is 4.79 Å². The average molecular weight is 437 g/mol. The normalized spacial score (nSPS) is 17.7. The summed E-state index contributed by atoms with van der Waals surface area (Å²) in [5.41, 5.74) is 2.84. The number of aryl methyl sites for hydroxylation is 2. The molecule has 0 aromatic heterocycles. The number of nitrogens with one attached hydrogen (secondary N) is 1. The van der Waals surface area contributed by atoms with Crippen molar-refractivity contribution in [2.45, 2.75) is 31.6 Å². The van der Waals surface area contributed by atoms with Crippen molar-refractivity contribution < 1.29 is 17.9 Å². The molecule has 6 nitrogen and oxygen atoms in total. The molecule has 1 atom stereocenters. The summed E-state index contributed by atoms with van der Waals surface area (Å²) in [6.45, 7) is 4.41. The first kappa shape index (κ1) is 21.6. The summed E-state index contributed by atoms with van der Waals surface area (Å²) < 4.78 is 32.9. The van der Waals surface area contributed by atoms with E-state index in [-0.39, 0.29) is 23.1 Å². The molecule has 1 heterocycles. The summed E-state index contributed by atoms with van der Waals surface area (Å²) in [6.07, 6.45) is 1.24. The molecular formula is C21H25ClN2O4S. The molecule has 0 spiro atoms. The van der Waals surface area contributed by atoms with Crippen LogP contribution in [0.3, 0.4) is 0 Å². The van der Waals surface area contributed by atoms with Gasteiger partial charge in [-0.05, 0) is 68.1 Å². The number of nitrogens with zero attached hydrogens (tertiary/aromatic N) is 1. The van der Waals surface area contributed by atoms with Crippen LogP contribution in [0.25, 0.3) is 0 Å². The van der Waals surface area contributed by atoms with Crippen molar-refractivity contribution in [3.8, 4) is 5.75 Å². The smallest absolute Gasteiger partial charge is 0.246 e. The Bertz CT molecular complexity index is 1000. The highest BCUT2D eigenvalue weighted by Crippen LogP contribution is 2.32. The number of hydrogen-bond acceptors (Lipinski definition) is 4. The summed E-state index contributed by atoms with van der Waals surface area (Å²) in [7, 11) is -2.42. The Kier molecular flexibility index (Phi) is 6.51. The Morgan fingerprint density at radius 3 is 2.52 bits per heavy atom. The Morgan fingerprint density at radius 1 is 1.17 bits per heavy atom. The standard InChI is InChI=1S/C21H25ClN2O4S/c1-14-9-15(2)11-18(10-14)23-21(25)16-5-4-8-24(13-16)29(26,27)20-12-17(22)6-7-19(20)28-3/h6-7,9-12,16H,4-5,8,13H2,1-3H3,(H,23,25)/t16-/m1/s1. The number of hydrogen-bond donors (Lipinski definition) is 1. The van der Waals surface area contributed by atoms with Gasteiger partial charge < -0.3 is 10.1 Å². The number of carbonyl (C=O) groups excluding carboxylic acids is 1. The third-order valence-electron chi connectivity index (χ3n) is 4.99. The number of carbonyl (C=O) groups is 1. The topological polar surface area (TPSA) is 75.7 Å². The number of sulfonamides is 1. The van der Waals surface area contributed by atoms with Crippen molar-refractivity contribution in [2.24, 2.45) is 5.92 Å². The van der Waals surface area contributed by atoms with Gasteiger partial charge in [-0.25, -0.2) is 8.42 Å². The predicted molar refractivity (Wildman–Crippen MR) is 114 cm³/mol. The second-order valence-corrected chi connectivity index (χ2v) is 9.71. The monoisotopic (exact) mass is 436 g/mol. The molecule has 0 unspecified atom stereocenters. The largest absolute Gasteiger partial charge is 0.495 e. The highest BCUT2D eigenvalue weighted by Gasteiger charge is 2.35. The van der Waals surface area contributed by atoms with Gasteiger partial charge in [-0.15, -0.1) is 0 Å². The van der Waals surface area contributed by atoms with Crippen LogP contribution in [0.15, 0.2) is 41.3 Å². The van der Waals surface area contributed by atoms with Crippen molar-refractivity contribution in [3.63, 3.8) is 0 Å². The van der Waals surface area contributed by atoms with E-state index in [9.17, 15) is 13.2 Å². The molecule has 3 rings (SSSR count). The lowest BCUT2D eigenvalue weighted by atomic mass is 9.98. The summed E-state index contributed by atoms with van der Waals surface area (Å²) in [5.74, 6) is -0.367. The lowest BCUT2D eigenvalue weighted by Gasteiger charge is -2.31. The van der Waals surface area contributed by atoms with Crippen LogP contribution in [0, 0.1) is 19.8 Å². The number of ether oxygens (including phenoxy) is 1. The number of benzene rings is 2. The zero-order chi connectivity index (χ0) is 21.2. The van der Waals surface area contributed by atoms with Crippen molar-refractivity contribution in [1.82, 2.24) is 4.31 Å².